The first-order valence-corrected chi connectivity index (χ1v) is 33.6. The minimum atomic E-state index is -0.775. The summed E-state index contributed by atoms with van der Waals surface area (Å²) in [5.41, 5.74) is 0. The Labute approximate surface area is 473 Å². The normalized spacial score (nSPS) is 12.3. The summed E-state index contributed by atoms with van der Waals surface area (Å²) < 4.78 is 16.9. The molecule has 0 radical (unpaired) electrons. The third-order valence-electron chi connectivity index (χ3n) is 15.1. The van der Waals surface area contributed by atoms with Gasteiger partial charge in [0, 0.05) is 19.3 Å². The Kier molecular flexibility index (Phi) is 62.6. The van der Waals surface area contributed by atoms with Gasteiger partial charge in [0.05, 0.1) is 0 Å². The fraction of sp³-hybridized carbons (Fsp3) is 0.843. The molecule has 444 valence electrons. The second-order valence-electron chi connectivity index (χ2n) is 22.7. The van der Waals surface area contributed by atoms with Gasteiger partial charge >= 0.3 is 17.9 Å². The van der Waals surface area contributed by atoms with E-state index in [0.29, 0.717) is 19.3 Å². The van der Waals surface area contributed by atoms with Gasteiger partial charge in [-0.1, -0.05) is 307 Å². The standard InChI is InChI=1S/C70H128O6/c1-4-7-10-13-16-19-22-25-27-29-31-32-33-34-35-36-37-38-39-41-42-45-48-51-54-57-60-63-69(72)75-66-67(65-74-68(71)62-59-56-53-50-47-44-24-21-18-15-12-9-6-3)76-70(73)64-61-58-55-52-49-46-43-40-30-28-26-23-20-17-14-11-8-5-2/h21-22,24-25,29,31,33-34,67H,4-20,23,26-28,30,32,35-66H2,1-3H3/b24-21-,25-22-,31-29-,34-33-. The molecule has 6 nitrogen and oxygen atoms in total. The average molecular weight is 1070 g/mol. The molecule has 0 saturated carbocycles. The van der Waals surface area contributed by atoms with Crippen molar-refractivity contribution in [1.29, 1.82) is 0 Å². The van der Waals surface area contributed by atoms with Crippen molar-refractivity contribution in [3.63, 3.8) is 0 Å². The van der Waals surface area contributed by atoms with Gasteiger partial charge < -0.3 is 14.2 Å². The molecule has 0 aromatic rings. The Morgan fingerprint density at radius 1 is 0.263 bits per heavy atom. The molecule has 0 aromatic heterocycles. The molecule has 0 aliphatic carbocycles. The van der Waals surface area contributed by atoms with Crippen LogP contribution in [0, 0.1) is 0 Å². The quantitative estimate of drug-likeness (QED) is 0.0261. The number of carbonyl (C=O) groups is 3. The van der Waals surface area contributed by atoms with Crippen molar-refractivity contribution in [3.8, 4) is 0 Å². The lowest BCUT2D eigenvalue weighted by atomic mass is 10.0. The molecule has 0 heterocycles. The number of rotatable bonds is 62. The molecule has 1 unspecified atom stereocenters. The van der Waals surface area contributed by atoms with Gasteiger partial charge in [0.2, 0.25) is 0 Å². The molecule has 0 fully saturated rings. The first-order chi connectivity index (χ1) is 37.5. The van der Waals surface area contributed by atoms with E-state index in [4.69, 9.17) is 14.2 Å². The van der Waals surface area contributed by atoms with E-state index in [0.717, 1.165) is 77.0 Å². The predicted octanol–water partition coefficient (Wildman–Crippen LogP) is 22.9. The van der Waals surface area contributed by atoms with E-state index in [1.165, 1.54) is 244 Å². The number of carbonyl (C=O) groups excluding carboxylic acids is 3. The summed E-state index contributed by atoms with van der Waals surface area (Å²) in [5.74, 6) is -0.860. The van der Waals surface area contributed by atoms with Crippen LogP contribution in [0.1, 0.15) is 361 Å². The minimum Gasteiger partial charge on any atom is -0.462 e. The zero-order chi connectivity index (χ0) is 55.0. The molecule has 6 heteroatoms. The third-order valence-corrected chi connectivity index (χ3v) is 15.1. The van der Waals surface area contributed by atoms with Crippen molar-refractivity contribution in [2.75, 3.05) is 13.2 Å². The lowest BCUT2D eigenvalue weighted by Crippen LogP contribution is -2.30. The van der Waals surface area contributed by atoms with Crippen LogP contribution in [0.4, 0.5) is 0 Å². The van der Waals surface area contributed by atoms with Crippen LogP contribution in [-0.4, -0.2) is 37.2 Å². The average Bonchev–Trinajstić information content (AvgIpc) is 3.42. The summed E-state index contributed by atoms with van der Waals surface area (Å²) >= 11 is 0. The Bertz CT molecular complexity index is 1310. The molecule has 76 heavy (non-hydrogen) atoms. The first kappa shape index (κ1) is 73.4. The second kappa shape index (κ2) is 64.9. The molecule has 0 aliphatic rings. The Balaban J connectivity index is 4.24. The molecular weight excluding hydrogens is 937 g/mol. The summed E-state index contributed by atoms with van der Waals surface area (Å²) in [6.07, 6.45) is 81.3. The van der Waals surface area contributed by atoms with Crippen LogP contribution >= 0.6 is 0 Å². The number of allylic oxidation sites excluding steroid dienone is 8. The Morgan fingerprint density at radius 2 is 0.474 bits per heavy atom. The lowest BCUT2D eigenvalue weighted by molar-refractivity contribution is -0.167. The van der Waals surface area contributed by atoms with E-state index in [1.54, 1.807) is 0 Å². The third kappa shape index (κ3) is 62.2. The van der Waals surface area contributed by atoms with Crippen LogP contribution in [-0.2, 0) is 28.6 Å². The predicted molar refractivity (Wildman–Crippen MR) is 330 cm³/mol. The van der Waals surface area contributed by atoms with Crippen LogP contribution in [0.25, 0.3) is 0 Å². The maximum absolute atomic E-state index is 12.9. The zero-order valence-corrected chi connectivity index (χ0v) is 51.0. The largest absolute Gasteiger partial charge is 0.462 e. The van der Waals surface area contributed by atoms with E-state index in [9.17, 15) is 14.4 Å². The number of ether oxygens (including phenoxy) is 3. The number of unbranched alkanes of at least 4 members (excludes halogenated alkanes) is 43. The molecule has 0 rings (SSSR count). The van der Waals surface area contributed by atoms with Gasteiger partial charge in [-0.2, -0.15) is 0 Å². The van der Waals surface area contributed by atoms with Gasteiger partial charge in [-0.25, -0.2) is 0 Å². The molecule has 0 amide bonds. The highest BCUT2D eigenvalue weighted by Gasteiger charge is 2.19. The fourth-order valence-corrected chi connectivity index (χ4v) is 9.98. The monoisotopic (exact) mass is 1060 g/mol. The summed E-state index contributed by atoms with van der Waals surface area (Å²) in [7, 11) is 0. The number of hydrogen-bond acceptors (Lipinski definition) is 6. The summed E-state index contributed by atoms with van der Waals surface area (Å²) in [6, 6.07) is 0. The molecule has 1 atom stereocenters. The van der Waals surface area contributed by atoms with Crippen molar-refractivity contribution in [2.45, 2.75) is 367 Å². The number of esters is 3. The molecule has 0 spiro atoms. The van der Waals surface area contributed by atoms with Crippen LogP contribution in [0.5, 0.6) is 0 Å². The van der Waals surface area contributed by atoms with E-state index >= 15 is 0 Å². The SMILES string of the molecule is CCCCCC/C=C\CCCCCCCC(=O)OCC(COC(=O)CCCCCCCCCCCCCC/C=C\C/C=C\C/C=C\CCCCCCC)OC(=O)CCCCCCCCCCCCCCCCCCCC. The van der Waals surface area contributed by atoms with Crippen LogP contribution < -0.4 is 0 Å². The van der Waals surface area contributed by atoms with Gasteiger partial charge in [0.25, 0.3) is 0 Å². The molecule has 0 N–H and O–H groups in total. The van der Waals surface area contributed by atoms with E-state index in [1.807, 2.05) is 0 Å². The van der Waals surface area contributed by atoms with E-state index in [2.05, 4.69) is 69.4 Å². The molecular formula is C70H128O6. The second-order valence-corrected chi connectivity index (χ2v) is 22.7. The molecule has 0 bridgehead atoms. The smallest absolute Gasteiger partial charge is 0.306 e. The van der Waals surface area contributed by atoms with Crippen molar-refractivity contribution in [2.24, 2.45) is 0 Å². The maximum atomic E-state index is 12.9. The van der Waals surface area contributed by atoms with Crippen molar-refractivity contribution < 1.29 is 28.6 Å². The molecule has 0 saturated heterocycles. The topological polar surface area (TPSA) is 78.9 Å². The highest BCUT2D eigenvalue weighted by molar-refractivity contribution is 5.71. The van der Waals surface area contributed by atoms with Crippen LogP contribution in [0.2, 0.25) is 0 Å². The molecule has 0 aromatic carbocycles. The Morgan fingerprint density at radius 3 is 0.763 bits per heavy atom. The van der Waals surface area contributed by atoms with Gasteiger partial charge in [0.1, 0.15) is 13.2 Å². The van der Waals surface area contributed by atoms with Crippen LogP contribution in [0.3, 0.4) is 0 Å². The lowest BCUT2D eigenvalue weighted by Gasteiger charge is -2.18. The van der Waals surface area contributed by atoms with Crippen molar-refractivity contribution >= 4 is 17.9 Å². The van der Waals surface area contributed by atoms with E-state index < -0.39 is 6.10 Å². The fourth-order valence-electron chi connectivity index (χ4n) is 9.98. The van der Waals surface area contributed by atoms with Crippen LogP contribution in [0.15, 0.2) is 48.6 Å². The van der Waals surface area contributed by atoms with Crippen molar-refractivity contribution in [3.05, 3.63) is 48.6 Å². The van der Waals surface area contributed by atoms with E-state index in [-0.39, 0.29) is 31.1 Å². The summed E-state index contributed by atoms with van der Waals surface area (Å²) in [4.78, 5) is 38.3. The zero-order valence-electron chi connectivity index (χ0n) is 51.0. The highest BCUT2D eigenvalue weighted by Crippen LogP contribution is 2.18. The van der Waals surface area contributed by atoms with Crippen molar-refractivity contribution in [1.82, 2.24) is 0 Å². The van der Waals surface area contributed by atoms with Gasteiger partial charge in [-0.05, 0) is 83.5 Å². The molecule has 0 aliphatic heterocycles. The Hall–Kier alpha value is -2.63. The first-order valence-electron chi connectivity index (χ1n) is 33.6. The highest BCUT2D eigenvalue weighted by atomic mass is 16.6. The summed E-state index contributed by atoms with van der Waals surface area (Å²) in [6.45, 7) is 6.66. The summed E-state index contributed by atoms with van der Waals surface area (Å²) in [5, 5.41) is 0. The van der Waals surface area contributed by atoms with Gasteiger partial charge in [0.15, 0.2) is 6.10 Å². The van der Waals surface area contributed by atoms with Gasteiger partial charge in [-0.15, -0.1) is 0 Å². The minimum absolute atomic E-state index is 0.0726. The maximum Gasteiger partial charge on any atom is 0.306 e. The van der Waals surface area contributed by atoms with Gasteiger partial charge in [-0.3, -0.25) is 14.4 Å². The number of hydrogen-bond donors (Lipinski definition) is 0.